The quantitative estimate of drug-likeness (QED) is 0.158. The molecule has 2 amide bonds. The number of anilines is 1. The molecule has 0 N–H and O–H groups in total. The second-order valence-electron chi connectivity index (χ2n) is 14.1. The smallest absolute Gasteiger partial charge is 0.341 e. The van der Waals surface area contributed by atoms with Crippen LogP contribution in [0.1, 0.15) is 91.9 Å². The van der Waals surface area contributed by atoms with Gasteiger partial charge in [0.1, 0.15) is 17.6 Å². The minimum atomic E-state index is -0.489. The summed E-state index contributed by atoms with van der Waals surface area (Å²) in [5, 5.41) is 1.22. The van der Waals surface area contributed by atoms with Crippen LogP contribution in [0.4, 0.5) is 10.7 Å². The van der Waals surface area contributed by atoms with E-state index in [0.717, 1.165) is 22.3 Å². The number of aryl methyl sites for hydroxylation is 1. The molecule has 0 spiro atoms. The summed E-state index contributed by atoms with van der Waals surface area (Å²) in [7, 11) is 0. The Morgan fingerprint density at radius 3 is 2.08 bits per heavy atom. The summed E-state index contributed by atoms with van der Waals surface area (Å²) in [6.45, 7) is 14.7. The molecule has 0 radical (unpaired) electrons. The van der Waals surface area contributed by atoms with Crippen LogP contribution >= 0.6 is 23.2 Å². The van der Waals surface area contributed by atoms with Gasteiger partial charge in [-0.15, -0.1) is 0 Å². The molecule has 12 heteroatoms. The Balaban J connectivity index is 1.38. The fourth-order valence-electron chi connectivity index (χ4n) is 6.76. The third kappa shape index (κ3) is 8.14. The third-order valence-electron chi connectivity index (χ3n) is 9.60. The molecule has 278 valence electrons. The summed E-state index contributed by atoms with van der Waals surface area (Å²) in [4.78, 5) is 47.9. The number of rotatable bonds is 9. The highest BCUT2D eigenvalue weighted by Crippen LogP contribution is 2.46. The van der Waals surface area contributed by atoms with Crippen molar-refractivity contribution in [2.24, 2.45) is 4.99 Å². The van der Waals surface area contributed by atoms with Crippen LogP contribution in [0, 0.1) is 0 Å². The number of halogens is 2. The van der Waals surface area contributed by atoms with Crippen LogP contribution in [0.25, 0.3) is 0 Å². The molecule has 3 heterocycles. The van der Waals surface area contributed by atoms with Gasteiger partial charge in [0.2, 0.25) is 5.95 Å². The van der Waals surface area contributed by atoms with Crippen LogP contribution in [0.2, 0.25) is 10.0 Å². The van der Waals surface area contributed by atoms with Crippen molar-refractivity contribution in [3.8, 4) is 5.75 Å². The summed E-state index contributed by atoms with van der Waals surface area (Å²) in [5.74, 6) is 1.30. The molecule has 0 bridgehead atoms. The second-order valence-corrected chi connectivity index (χ2v) is 14.9. The van der Waals surface area contributed by atoms with E-state index < -0.39 is 18.1 Å². The molecule has 1 aromatic heterocycles. The van der Waals surface area contributed by atoms with Crippen molar-refractivity contribution < 1.29 is 19.1 Å². The number of urea groups is 1. The van der Waals surface area contributed by atoms with Gasteiger partial charge in [0.25, 0.3) is 0 Å². The summed E-state index contributed by atoms with van der Waals surface area (Å²) in [6, 6.07) is 20.3. The Bertz CT molecular complexity index is 1970. The van der Waals surface area contributed by atoms with E-state index in [9.17, 15) is 4.79 Å². The first-order valence-electron chi connectivity index (χ1n) is 18.2. The van der Waals surface area contributed by atoms with Gasteiger partial charge in [-0.1, -0.05) is 81.2 Å². The topological polar surface area (TPSA) is 100 Å². The lowest BCUT2D eigenvalue weighted by Crippen LogP contribution is -2.54. The normalized spacial score (nSPS) is 17.5. The first-order valence-corrected chi connectivity index (χ1v) is 18.9. The molecule has 0 saturated carbocycles. The fourth-order valence-corrected chi connectivity index (χ4v) is 7.01. The number of aliphatic imine (C=N–C) groups is 1. The van der Waals surface area contributed by atoms with Gasteiger partial charge < -0.3 is 19.3 Å². The van der Waals surface area contributed by atoms with E-state index in [1.165, 1.54) is 6.20 Å². The van der Waals surface area contributed by atoms with Crippen LogP contribution in [0.5, 0.6) is 5.75 Å². The van der Waals surface area contributed by atoms with Gasteiger partial charge in [-0.2, -0.15) is 0 Å². The SMILES string of the molecule is CCOC(=O)c1cnc(N2CCN(C(=O)N3C(c4ccc(C(C)(C)C)cc4OCC)=NC(c4ccc(Cl)cc4)C3c3ccc(Cl)cc3)CC2)nc1CC. The van der Waals surface area contributed by atoms with Gasteiger partial charge in [-0.05, 0) is 78.8 Å². The average molecular weight is 758 g/mol. The number of esters is 1. The van der Waals surface area contributed by atoms with Crippen LogP contribution < -0.4 is 9.64 Å². The minimum Gasteiger partial charge on any atom is -0.493 e. The van der Waals surface area contributed by atoms with Crippen molar-refractivity contribution in [1.29, 1.82) is 0 Å². The van der Waals surface area contributed by atoms with Gasteiger partial charge in [-0.25, -0.2) is 19.6 Å². The number of benzene rings is 3. The summed E-state index contributed by atoms with van der Waals surface area (Å²) >= 11 is 12.7. The zero-order chi connectivity index (χ0) is 37.9. The fraction of sp³-hybridized carbons (Fsp3) is 0.390. The molecule has 1 saturated heterocycles. The first-order chi connectivity index (χ1) is 25.4. The predicted molar refractivity (Wildman–Crippen MR) is 210 cm³/mol. The Kier molecular flexibility index (Phi) is 11.6. The van der Waals surface area contributed by atoms with Gasteiger partial charge in [0.15, 0.2) is 0 Å². The lowest BCUT2D eigenvalue weighted by molar-refractivity contribution is 0.0524. The Morgan fingerprint density at radius 1 is 0.849 bits per heavy atom. The number of ether oxygens (including phenoxy) is 2. The molecule has 2 atom stereocenters. The van der Waals surface area contributed by atoms with Crippen LogP contribution in [-0.2, 0) is 16.6 Å². The maximum absolute atomic E-state index is 15.1. The van der Waals surface area contributed by atoms with E-state index in [-0.39, 0.29) is 18.1 Å². The van der Waals surface area contributed by atoms with Gasteiger partial charge in [0.05, 0.1) is 36.1 Å². The van der Waals surface area contributed by atoms with E-state index in [1.807, 2.05) is 83.1 Å². The molecule has 2 aliphatic rings. The lowest BCUT2D eigenvalue weighted by atomic mass is 9.86. The lowest BCUT2D eigenvalue weighted by Gasteiger charge is -2.39. The highest BCUT2D eigenvalue weighted by atomic mass is 35.5. The number of amidine groups is 1. The highest BCUT2D eigenvalue weighted by molar-refractivity contribution is 6.30. The Labute approximate surface area is 321 Å². The number of carbonyl (C=O) groups is 2. The van der Waals surface area contributed by atoms with E-state index in [1.54, 1.807) is 6.92 Å². The third-order valence-corrected chi connectivity index (χ3v) is 10.1. The van der Waals surface area contributed by atoms with Gasteiger partial charge >= 0.3 is 12.0 Å². The second kappa shape index (κ2) is 16.1. The number of carbonyl (C=O) groups excluding carboxylic acids is 2. The maximum Gasteiger partial charge on any atom is 0.341 e. The van der Waals surface area contributed by atoms with Crippen molar-refractivity contribution >= 4 is 47.0 Å². The number of hydrogen-bond donors (Lipinski definition) is 0. The monoisotopic (exact) mass is 756 g/mol. The standard InChI is InChI=1S/C41H46Cl2N6O4/c1-7-33-32(38(50)53-9-3)25-44-39(45-33)47-20-22-48(23-21-47)40(51)49-36(27-12-17-30(43)18-13-27)35(26-10-15-29(42)16-11-26)46-37(49)31-19-14-28(41(4,5)6)24-34(31)52-8-2/h10-19,24-25,35-36H,7-9,20-23H2,1-6H3. The molecule has 3 aromatic carbocycles. The van der Waals surface area contributed by atoms with Crippen LogP contribution in [0.3, 0.4) is 0 Å². The van der Waals surface area contributed by atoms with Gasteiger partial charge in [0, 0.05) is 42.4 Å². The average Bonchev–Trinajstić information content (AvgIpc) is 3.55. The van der Waals surface area contributed by atoms with E-state index in [4.69, 9.17) is 42.7 Å². The molecular formula is C41H46Cl2N6O4. The Morgan fingerprint density at radius 2 is 1.49 bits per heavy atom. The molecule has 2 aliphatic heterocycles. The number of hydrogen-bond acceptors (Lipinski definition) is 8. The van der Waals surface area contributed by atoms with E-state index in [0.29, 0.717) is 78.0 Å². The predicted octanol–water partition coefficient (Wildman–Crippen LogP) is 8.71. The molecule has 10 nitrogen and oxygen atoms in total. The van der Waals surface area contributed by atoms with Crippen molar-refractivity contribution in [1.82, 2.24) is 19.8 Å². The summed E-state index contributed by atoms with van der Waals surface area (Å²) in [6.07, 6.45) is 2.10. The molecule has 1 fully saturated rings. The van der Waals surface area contributed by atoms with Crippen molar-refractivity contribution in [2.75, 3.05) is 44.3 Å². The number of nitrogens with zero attached hydrogens (tertiary/aromatic N) is 6. The number of amides is 2. The van der Waals surface area contributed by atoms with E-state index in [2.05, 4.69) is 37.9 Å². The first kappa shape index (κ1) is 38.1. The molecule has 4 aromatic rings. The van der Waals surface area contributed by atoms with Crippen LogP contribution in [-0.4, -0.2) is 77.0 Å². The van der Waals surface area contributed by atoms with Crippen molar-refractivity contribution in [3.05, 3.63) is 116 Å². The Hall–Kier alpha value is -4.67. The summed E-state index contributed by atoms with van der Waals surface area (Å²) in [5.41, 5.74) is 4.56. The maximum atomic E-state index is 15.1. The zero-order valence-corrected chi connectivity index (χ0v) is 32.6. The number of piperazine rings is 1. The zero-order valence-electron chi connectivity index (χ0n) is 31.1. The molecule has 0 aliphatic carbocycles. The number of aromatic nitrogens is 2. The highest BCUT2D eigenvalue weighted by Gasteiger charge is 2.45. The van der Waals surface area contributed by atoms with Crippen molar-refractivity contribution in [2.45, 2.75) is 65.5 Å². The largest absolute Gasteiger partial charge is 0.493 e. The molecule has 2 unspecified atom stereocenters. The van der Waals surface area contributed by atoms with Gasteiger partial charge in [-0.3, -0.25) is 9.89 Å². The van der Waals surface area contributed by atoms with E-state index >= 15 is 4.79 Å². The molecule has 53 heavy (non-hydrogen) atoms. The minimum absolute atomic E-state index is 0.116. The summed E-state index contributed by atoms with van der Waals surface area (Å²) < 4.78 is 11.5. The molecular weight excluding hydrogens is 711 g/mol. The molecule has 6 rings (SSSR count). The van der Waals surface area contributed by atoms with Crippen molar-refractivity contribution in [3.63, 3.8) is 0 Å². The van der Waals surface area contributed by atoms with Crippen LogP contribution in [0.15, 0.2) is 77.9 Å².